The van der Waals surface area contributed by atoms with E-state index in [9.17, 15) is 19.7 Å². The Labute approximate surface area is 146 Å². The van der Waals surface area contributed by atoms with E-state index in [0.717, 1.165) is 11.3 Å². The SMILES string of the molecule is COC(=O)CC(NC(=O)c1ccc([N+](=O)[O-])s1)c1ccccc1Cl. The predicted octanol–water partition coefficient (Wildman–Crippen LogP) is 3.34. The number of halogens is 1. The number of hydrogen-bond donors (Lipinski definition) is 1. The summed E-state index contributed by atoms with van der Waals surface area (Å²) < 4.78 is 4.64. The molecule has 0 bridgehead atoms. The molecule has 1 atom stereocenters. The topological polar surface area (TPSA) is 98.5 Å². The van der Waals surface area contributed by atoms with E-state index in [1.807, 2.05) is 0 Å². The lowest BCUT2D eigenvalue weighted by atomic mass is 10.0. The maximum absolute atomic E-state index is 12.3. The van der Waals surface area contributed by atoms with Gasteiger partial charge in [-0.2, -0.15) is 0 Å². The van der Waals surface area contributed by atoms with Crippen LogP contribution in [0.5, 0.6) is 0 Å². The summed E-state index contributed by atoms with van der Waals surface area (Å²) in [6, 6.07) is 8.69. The minimum Gasteiger partial charge on any atom is -0.469 e. The van der Waals surface area contributed by atoms with E-state index < -0.39 is 22.8 Å². The molecule has 1 aromatic carbocycles. The van der Waals surface area contributed by atoms with Crippen molar-refractivity contribution in [3.8, 4) is 0 Å². The highest BCUT2D eigenvalue weighted by molar-refractivity contribution is 7.17. The zero-order chi connectivity index (χ0) is 17.7. The summed E-state index contributed by atoms with van der Waals surface area (Å²) in [4.78, 5) is 34.3. The first kappa shape index (κ1) is 17.9. The van der Waals surface area contributed by atoms with E-state index in [1.165, 1.54) is 19.2 Å². The van der Waals surface area contributed by atoms with Gasteiger partial charge in [0.05, 0.1) is 29.4 Å². The molecule has 1 aromatic heterocycles. The van der Waals surface area contributed by atoms with Gasteiger partial charge in [-0.3, -0.25) is 19.7 Å². The highest BCUT2D eigenvalue weighted by Crippen LogP contribution is 2.28. The third-order valence-electron chi connectivity index (χ3n) is 3.18. The van der Waals surface area contributed by atoms with Crippen LogP contribution in [-0.2, 0) is 9.53 Å². The van der Waals surface area contributed by atoms with E-state index in [2.05, 4.69) is 10.1 Å². The van der Waals surface area contributed by atoms with Crippen LogP contribution in [0.2, 0.25) is 5.02 Å². The highest BCUT2D eigenvalue weighted by Gasteiger charge is 2.23. The molecule has 1 heterocycles. The molecule has 0 aliphatic heterocycles. The molecule has 7 nitrogen and oxygen atoms in total. The standard InChI is InChI=1S/C15H13ClN2O5S/c1-23-14(19)8-11(9-4-2-3-5-10(9)16)17-15(20)12-6-7-13(24-12)18(21)22/h2-7,11H,8H2,1H3,(H,17,20). The molecule has 0 saturated heterocycles. The van der Waals surface area contributed by atoms with Crippen molar-refractivity contribution < 1.29 is 19.2 Å². The van der Waals surface area contributed by atoms with Gasteiger partial charge in [-0.1, -0.05) is 41.1 Å². The fourth-order valence-corrected chi connectivity index (χ4v) is 3.01. The molecule has 0 saturated carbocycles. The molecular weight excluding hydrogens is 356 g/mol. The number of nitrogens with one attached hydrogen (secondary N) is 1. The molecule has 9 heteroatoms. The lowest BCUT2D eigenvalue weighted by Gasteiger charge is -2.19. The molecule has 1 amide bonds. The van der Waals surface area contributed by atoms with E-state index in [0.29, 0.717) is 10.6 Å². The quantitative estimate of drug-likeness (QED) is 0.479. The van der Waals surface area contributed by atoms with Crippen molar-refractivity contribution in [2.45, 2.75) is 12.5 Å². The van der Waals surface area contributed by atoms with Gasteiger partial charge in [0, 0.05) is 11.1 Å². The van der Waals surface area contributed by atoms with Crippen molar-refractivity contribution in [3.63, 3.8) is 0 Å². The molecule has 0 radical (unpaired) electrons. The fourth-order valence-electron chi connectivity index (χ4n) is 2.02. The average Bonchev–Trinajstić information content (AvgIpc) is 3.05. The number of ether oxygens (including phenoxy) is 1. The van der Waals surface area contributed by atoms with Crippen LogP contribution in [0, 0.1) is 10.1 Å². The number of esters is 1. The third-order valence-corrected chi connectivity index (χ3v) is 4.56. The van der Waals surface area contributed by atoms with Gasteiger partial charge in [0.25, 0.3) is 5.91 Å². The lowest BCUT2D eigenvalue weighted by Crippen LogP contribution is -2.30. The molecule has 0 aliphatic carbocycles. The molecule has 0 fully saturated rings. The highest BCUT2D eigenvalue weighted by atomic mass is 35.5. The first-order valence-electron chi connectivity index (χ1n) is 6.78. The second-order valence-electron chi connectivity index (χ2n) is 4.72. The molecule has 24 heavy (non-hydrogen) atoms. The van der Waals surface area contributed by atoms with Crippen LogP contribution in [0.3, 0.4) is 0 Å². The lowest BCUT2D eigenvalue weighted by molar-refractivity contribution is -0.380. The van der Waals surface area contributed by atoms with Crippen LogP contribution in [0.15, 0.2) is 36.4 Å². The predicted molar refractivity (Wildman–Crippen MR) is 89.3 cm³/mol. The van der Waals surface area contributed by atoms with Crippen molar-refractivity contribution in [2.24, 2.45) is 0 Å². The molecule has 0 spiro atoms. The van der Waals surface area contributed by atoms with Gasteiger partial charge in [-0.05, 0) is 17.7 Å². The minimum absolute atomic E-state index is 0.112. The van der Waals surface area contributed by atoms with Crippen molar-refractivity contribution >= 4 is 39.8 Å². The number of rotatable bonds is 6. The molecule has 2 aromatic rings. The minimum atomic E-state index is -0.709. The number of benzene rings is 1. The van der Waals surface area contributed by atoms with E-state index >= 15 is 0 Å². The number of hydrogen-bond acceptors (Lipinski definition) is 6. The van der Waals surface area contributed by atoms with Crippen LogP contribution in [0.1, 0.15) is 27.7 Å². The van der Waals surface area contributed by atoms with Gasteiger partial charge in [0.15, 0.2) is 0 Å². The van der Waals surface area contributed by atoms with Crippen LogP contribution < -0.4 is 5.32 Å². The molecule has 1 N–H and O–H groups in total. The number of carbonyl (C=O) groups excluding carboxylic acids is 2. The first-order valence-corrected chi connectivity index (χ1v) is 7.98. The maximum Gasteiger partial charge on any atom is 0.324 e. The number of amides is 1. The first-order chi connectivity index (χ1) is 11.4. The Kier molecular flexibility index (Phi) is 5.88. The van der Waals surface area contributed by atoms with Crippen molar-refractivity contribution in [1.29, 1.82) is 0 Å². The number of nitro groups is 1. The second-order valence-corrected chi connectivity index (χ2v) is 6.19. The summed E-state index contributed by atoms with van der Waals surface area (Å²) in [6.07, 6.45) is -0.112. The number of thiophene rings is 1. The van der Waals surface area contributed by atoms with Crippen molar-refractivity contribution in [3.05, 3.63) is 62.0 Å². The fraction of sp³-hybridized carbons (Fsp3) is 0.200. The van der Waals surface area contributed by atoms with Crippen LogP contribution in [0.4, 0.5) is 5.00 Å². The zero-order valence-corrected chi connectivity index (χ0v) is 14.1. The van der Waals surface area contributed by atoms with E-state index in [4.69, 9.17) is 11.6 Å². The molecule has 2 rings (SSSR count). The molecule has 1 unspecified atom stereocenters. The van der Waals surface area contributed by atoms with Crippen LogP contribution >= 0.6 is 22.9 Å². The number of nitrogens with zero attached hydrogens (tertiary/aromatic N) is 1. The Bertz CT molecular complexity index is 777. The Hall–Kier alpha value is -2.45. The van der Waals surface area contributed by atoms with Crippen LogP contribution in [-0.4, -0.2) is 23.9 Å². The van der Waals surface area contributed by atoms with Gasteiger partial charge in [-0.15, -0.1) is 0 Å². The smallest absolute Gasteiger partial charge is 0.324 e. The molecule has 126 valence electrons. The summed E-state index contributed by atoms with van der Waals surface area (Å²) in [6.45, 7) is 0. The average molecular weight is 369 g/mol. The Morgan fingerprint density at radius 2 is 2.04 bits per heavy atom. The van der Waals surface area contributed by atoms with Gasteiger partial charge in [0.1, 0.15) is 0 Å². The Balaban J connectivity index is 2.24. The Morgan fingerprint density at radius 1 is 1.33 bits per heavy atom. The van der Waals surface area contributed by atoms with Crippen molar-refractivity contribution in [1.82, 2.24) is 5.32 Å². The second kappa shape index (κ2) is 7.89. The van der Waals surface area contributed by atoms with E-state index in [-0.39, 0.29) is 16.3 Å². The summed E-state index contributed by atoms with van der Waals surface area (Å²) in [7, 11) is 1.25. The largest absolute Gasteiger partial charge is 0.469 e. The zero-order valence-electron chi connectivity index (χ0n) is 12.5. The van der Waals surface area contributed by atoms with Gasteiger partial charge in [0.2, 0.25) is 0 Å². The Morgan fingerprint density at radius 3 is 2.62 bits per heavy atom. The summed E-state index contributed by atoms with van der Waals surface area (Å²) >= 11 is 6.89. The monoisotopic (exact) mass is 368 g/mol. The molecule has 0 aliphatic rings. The number of methoxy groups -OCH3 is 1. The van der Waals surface area contributed by atoms with Crippen molar-refractivity contribution in [2.75, 3.05) is 7.11 Å². The van der Waals surface area contributed by atoms with Crippen LogP contribution in [0.25, 0.3) is 0 Å². The number of carbonyl (C=O) groups is 2. The summed E-state index contributed by atoms with van der Waals surface area (Å²) in [5.41, 5.74) is 0.559. The normalized spacial score (nSPS) is 11.6. The van der Waals surface area contributed by atoms with Gasteiger partial charge in [-0.25, -0.2) is 0 Å². The summed E-state index contributed by atoms with van der Waals surface area (Å²) in [5, 5.41) is 13.6. The maximum atomic E-state index is 12.3. The van der Waals surface area contributed by atoms with Gasteiger partial charge < -0.3 is 10.1 Å². The molecular formula is C15H13ClN2O5S. The third kappa shape index (κ3) is 4.30. The van der Waals surface area contributed by atoms with E-state index in [1.54, 1.807) is 24.3 Å². The summed E-state index contributed by atoms with van der Waals surface area (Å²) in [5.74, 6) is -1.04. The van der Waals surface area contributed by atoms with Gasteiger partial charge >= 0.3 is 11.0 Å².